The van der Waals surface area contributed by atoms with Crippen LogP contribution in [0.15, 0.2) is 29.3 Å². The predicted molar refractivity (Wildman–Crippen MR) is 136 cm³/mol. The van der Waals surface area contributed by atoms with Crippen LogP contribution in [0, 0.1) is 5.41 Å². The number of carbonyl (C=O) groups is 2. The van der Waals surface area contributed by atoms with Crippen LogP contribution in [0.1, 0.15) is 50.5 Å². The predicted octanol–water partition coefficient (Wildman–Crippen LogP) is 3.14. The smallest absolute Gasteiger partial charge is 0.230 e. The Labute approximate surface area is 203 Å². The minimum Gasteiger partial charge on any atom is -0.355 e. The summed E-state index contributed by atoms with van der Waals surface area (Å²) in [5, 5.41) is 6.70. The van der Waals surface area contributed by atoms with Gasteiger partial charge in [0, 0.05) is 52.9 Å². The first-order chi connectivity index (χ1) is 14.4. The van der Waals surface area contributed by atoms with Crippen LogP contribution in [-0.2, 0) is 16.1 Å². The van der Waals surface area contributed by atoms with Gasteiger partial charge in [-0.05, 0) is 43.4 Å². The summed E-state index contributed by atoms with van der Waals surface area (Å²) < 4.78 is 0. The van der Waals surface area contributed by atoms with Crippen molar-refractivity contribution in [2.75, 3.05) is 39.1 Å². The van der Waals surface area contributed by atoms with Crippen LogP contribution < -0.4 is 15.5 Å². The number of nitrogens with zero attached hydrogens (tertiary/aromatic N) is 3. The molecule has 7 nitrogen and oxygen atoms in total. The molecule has 1 saturated carbocycles. The molecule has 0 radical (unpaired) electrons. The van der Waals surface area contributed by atoms with Crippen molar-refractivity contribution in [2.24, 2.45) is 10.4 Å². The van der Waals surface area contributed by atoms with E-state index in [2.05, 4.69) is 15.6 Å². The zero-order chi connectivity index (χ0) is 21.6. The molecule has 1 saturated heterocycles. The summed E-state index contributed by atoms with van der Waals surface area (Å²) in [5.41, 5.74) is 1.76. The first-order valence-electron chi connectivity index (χ1n) is 11.0. The minimum absolute atomic E-state index is 0. The fourth-order valence-corrected chi connectivity index (χ4v) is 4.52. The Morgan fingerprint density at radius 2 is 1.77 bits per heavy atom. The lowest BCUT2D eigenvalue weighted by Crippen LogP contribution is -2.49. The van der Waals surface area contributed by atoms with Gasteiger partial charge in [0.1, 0.15) is 0 Å². The highest BCUT2D eigenvalue weighted by Crippen LogP contribution is 2.38. The topological polar surface area (TPSA) is 77.0 Å². The van der Waals surface area contributed by atoms with E-state index in [1.54, 1.807) is 11.9 Å². The summed E-state index contributed by atoms with van der Waals surface area (Å²) >= 11 is 0. The number of anilines is 1. The average molecular weight is 541 g/mol. The maximum absolute atomic E-state index is 12.7. The van der Waals surface area contributed by atoms with Crippen LogP contribution in [0.2, 0.25) is 0 Å². The second-order valence-corrected chi connectivity index (χ2v) is 8.64. The SMILES string of the molecule is CN=C(NCc1ccc(N2CCCCC2=O)cc1)NCC1(C(=O)N(C)C)CCCC1.I. The maximum Gasteiger partial charge on any atom is 0.230 e. The molecule has 0 atom stereocenters. The van der Waals surface area contributed by atoms with Gasteiger partial charge in [-0.3, -0.25) is 14.6 Å². The number of carbonyl (C=O) groups excluding carboxylic acids is 2. The van der Waals surface area contributed by atoms with Crippen LogP contribution >= 0.6 is 24.0 Å². The van der Waals surface area contributed by atoms with E-state index in [0.717, 1.165) is 56.3 Å². The van der Waals surface area contributed by atoms with Gasteiger partial charge in [0.25, 0.3) is 0 Å². The molecule has 0 aromatic heterocycles. The number of benzene rings is 1. The van der Waals surface area contributed by atoms with Crippen molar-refractivity contribution in [3.8, 4) is 0 Å². The molecule has 2 N–H and O–H groups in total. The molecule has 1 heterocycles. The Morgan fingerprint density at radius 3 is 2.35 bits per heavy atom. The summed E-state index contributed by atoms with van der Waals surface area (Å²) in [4.78, 5) is 32.7. The molecule has 2 fully saturated rings. The lowest BCUT2D eigenvalue weighted by molar-refractivity contribution is -0.138. The van der Waals surface area contributed by atoms with Gasteiger partial charge in [-0.15, -0.1) is 24.0 Å². The molecule has 31 heavy (non-hydrogen) atoms. The molecular weight excluding hydrogens is 505 g/mol. The van der Waals surface area contributed by atoms with Gasteiger partial charge < -0.3 is 20.4 Å². The highest BCUT2D eigenvalue weighted by molar-refractivity contribution is 14.0. The molecule has 2 aliphatic rings. The van der Waals surface area contributed by atoms with Crippen LogP contribution in [-0.4, -0.2) is 56.9 Å². The number of amides is 2. The summed E-state index contributed by atoms with van der Waals surface area (Å²) in [6.45, 7) is 2.03. The third-order valence-corrected chi connectivity index (χ3v) is 6.27. The first kappa shape index (κ1) is 25.4. The monoisotopic (exact) mass is 541 g/mol. The number of aliphatic imine (C=N–C) groups is 1. The minimum atomic E-state index is -0.330. The zero-order valence-corrected chi connectivity index (χ0v) is 21.3. The van der Waals surface area contributed by atoms with Crippen LogP contribution in [0.4, 0.5) is 5.69 Å². The molecule has 8 heteroatoms. The van der Waals surface area contributed by atoms with Crippen molar-refractivity contribution < 1.29 is 9.59 Å². The third kappa shape index (κ3) is 6.33. The van der Waals surface area contributed by atoms with Gasteiger partial charge >= 0.3 is 0 Å². The van der Waals surface area contributed by atoms with Gasteiger partial charge in [0.2, 0.25) is 11.8 Å². The van der Waals surface area contributed by atoms with Crippen molar-refractivity contribution in [1.82, 2.24) is 15.5 Å². The van der Waals surface area contributed by atoms with Crippen molar-refractivity contribution in [1.29, 1.82) is 0 Å². The molecule has 1 aromatic rings. The van der Waals surface area contributed by atoms with E-state index in [-0.39, 0.29) is 41.2 Å². The van der Waals surface area contributed by atoms with Crippen molar-refractivity contribution in [3.05, 3.63) is 29.8 Å². The van der Waals surface area contributed by atoms with Gasteiger partial charge in [0.15, 0.2) is 5.96 Å². The molecule has 0 bridgehead atoms. The number of hydrogen-bond acceptors (Lipinski definition) is 3. The van der Waals surface area contributed by atoms with Gasteiger partial charge in [-0.1, -0.05) is 25.0 Å². The standard InChI is InChI=1S/C23H35N5O2.HI/c1-24-22(26-17-23(13-5-6-14-23)21(30)27(2)3)25-16-18-9-11-19(12-10-18)28-15-7-4-8-20(28)29;/h9-12H,4-8,13-17H2,1-3H3,(H2,24,25,26);1H. The lowest BCUT2D eigenvalue weighted by Gasteiger charge is -2.31. The van der Waals surface area contributed by atoms with E-state index in [1.165, 1.54) is 0 Å². The largest absolute Gasteiger partial charge is 0.355 e. The number of rotatable bonds is 6. The summed E-state index contributed by atoms with van der Waals surface area (Å²) in [5.74, 6) is 1.11. The van der Waals surface area contributed by atoms with Crippen LogP contribution in [0.5, 0.6) is 0 Å². The summed E-state index contributed by atoms with van der Waals surface area (Å²) in [6, 6.07) is 8.12. The van der Waals surface area contributed by atoms with Gasteiger partial charge in [0.05, 0.1) is 5.41 Å². The Morgan fingerprint density at radius 1 is 1.10 bits per heavy atom. The third-order valence-electron chi connectivity index (χ3n) is 6.27. The molecule has 2 amide bonds. The molecule has 1 aliphatic heterocycles. The Balaban J connectivity index is 0.00000341. The lowest BCUT2D eigenvalue weighted by atomic mass is 9.84. The van der Waals surface area contributed by atoms with Crippen molar-refractivity contribution >= 4 is 47.4 Å². The molecule has 3 rings (SSSR count). The molecule has 1 aliphatic carbocycles. The molecule has 172 valence electrons. The fraction of sp³-hybridized carbons (Fsp3) is 0.609. The van der Waals surface area contributed by atoms with Gasteiger partial charge in [-0.25, -0.2) is 0 Å². The van der Waals surface area contributed by atoms with E-state index in [1.807, 2.05) is 43.3 Å². The Kier molecular flexibility index (Phi) is 9.58. The zero-order valence-electron chi connectivity index (χ0n) is 18.9. The number of hydrogen-bond donors (Lipinski definition) is 2. The van der Waals surface area contributed by atoms with Crippen LogP contribution in [0.3, 0.4) is 0 Å². The Bertz CT molecular complexity index is 773. The second kappa shape index (κ2) is 11.7. The fourth-order valence-electron chi connectivity index (χ4n) is 4.52. The van der Waals surface area contributed by atoms with Crippen molar-refractivity contribution in [3.63, 3.8) is 0 Å². The molecule has 0 unspecified atom stereocenters. The maximum atomic E-state index is 12.7. The average Bonchev–Trinajstić information content (AvgIpc) is 3.24. The molecule has 1 aromatic carbocycles. The van der Waals surface area contributed by atoms with E-state index < -0.39 is 0 Å². The number of halogens is 1. The number of piperidine rings is 1. The highest BCUT2D eigenvalue weighted by Gasteiger charge is 2.42. The van der Waals surface area contributed by atoms with E-state index in [0.29, 0.717) is 25.5 Å². The van der Waals surface area contributed by atoms with E-state index in [4.69, 9.17) is 0 Å². The number of guanidine groups is 1. The number of nitrogens with one attached hydrogen (secondary N) is 2. The first-order valence-corrected chi connectivity index (χ1v) is 11.0. The van der Waals surface area contributed by atoms with Gasteiger partial charge in [-0.2, -0.15) is 0 Å². The summed E-state index contributed by atoms with van der Waals surface area (Å²) in [6.07, 6.45) is 6.73. The van der Waals surface area contributed by atoms with Crippen molar-refractivity contribution in [2.45, 2.75) is 51.5 Å². The van der Waals surface area contributed by atoms with E-state index >= 15 is 0 Å². The summed E-state index contributed by atoms with van der Waals surface area (Å²) in [7, 11) is 5.41. The molecular formula is C23H36IN5O2. The molecule has 0 spiro atoms. The highest BCUT2D eigenvalue weighted by atomic mass is 127. The Hall–Kier alpha value is -1.84. The quantitative estimate of drug-likeness (QED) is 0.330. The second-order valence-electron chi connectivity index (χ2n) is 8.64. The van der Waals surface area contributed by atoms with Crippen LogP contribution in [0.25, 0.3) is 0 Å². The normalized spacial score (nSPS) is 18.4. The van der Waals surface area contributed by atoms with E-state index in [9.17, 15) is 9.59 Å².